The third-order valence-electron chi connectivity index (χ3n) is 2.70. The number of carbonyl (C=O) groups excluding carboxylic acids is 1. The Morgan fingerprint density at radius 3 is 2.73 bits per heavy atom. The van der Waals surface area contributed by atoms with Gasteiger partial charge in [0.25, 0.3) is 0 Å². The van der Waals surface area contributed by atoms with Crippen LogP contribution in [0.4, 0.5) is 0 Å². The van der Waals surface area contributed by atoms with Gasteiger partial charge in [-0.25, -0.2) is 0 Å². The smallest absolute Gasteiger partial charge is 0.185 e. The van der Waals surface area contributed by atoms with Crippen LogP contribution in [0.3, 0.4) is 0 Å². The van der Waals surface area contributed by atoms with Crippen molar-refractivity contribution in [3.05, 3.63) is 21.3 Å². The molecule has 0 radical (unpaired) electrons. The predicted molar refractivity (Wildman–Crippen MR) is 60.6 cm³/mol. The normalized spacial score (nSPS) is 20.1. The van der Waals surface area contributed by atoms with Crippen molar-refractivity contribution in [2.75, 3.05) is 13.2 Å². The molecule has 0 saturated carbocycles. The summed E-state index contributed by atoms with van der Waals surface area (Å²) in [6.45, 7) is 1.09. The van der Waals surface area contributed by atoms with Crippen LogP contribution in [0.15, 0.2) is 11.4 Å². The second-order valence-electron chi connectivity index (χ2n) is 3.71. The maximum atomic E-state index is 12.1. The average Bonchev–Trinajstić information content (AvgIpc) is 2.64. The minimum atomic E-state index is -0.789. The molecule has 2 rings (SSSR count). The molecule has 15 heavy (non-hydrogen) atoms. The summed E-state index contributed by atoms with van der Waals surface area (Å²) in [5, 5.41) is 1.80. The molecule has 0 aliphatic carbocycles. The van der Waals surface area contributed by atoms with Crippen molar-refractivity contribution >= 4 is 28.7 Å². The van der Waals surface area contributed by atoms with Crippen LogP contribution in [0.25, 0.3) is 0 Å². The maximum absolute atomic E-state index is 12.1. The molecule has 1 aliphatic rings. The second-order valence-corrected chi connectivity index (χ2v) is 5.22. The molecule has 2 N–H and O–H groups in total. The number of thiophene rings is 1. The maximum Gasteiger partial charge on any atom is 0.185 e. The highest BCUT2D eigenvalue weighted by molar-refractivity contribution is 7.14. The largest absolute Gasteiger partial charge is 0.381 e. The zero-order valence-corrected chi connectivity index (χ0v) is 9.74. The monoisotopic (exact) mass is 245 g/mol. The summed E-state index contributed by atoms with van der Waals surface area (Å²) in [5.74, 6) is -0.0583. The molecule has 1 aromatic heterocycles. The fraction of sp³-hybridized carbons (Fsp3) is 0.500. The van der Waals surface area contributed by atoms with Crippen LogP contribution in [-0.2, 0) is 4.74 Å². The predicted octanol–water partition coefficient (Wildman–Crippen LogP) is 2.09. The molecule has 2 heterocycles. The third-order valence-corrected chi connectivity index (χ3v) is 3.87. The van der Waals surface area contributed by atoms with Gasteiger partial charge in [-0.15, -0.1) is 11.3 Å². The lowest BCUT2D eigenvalue weighted by atomic mass is 9.84. The molecule has 0 atom stereocenters. The molecule has 3 nitrogen and oxygen atoms in total. The molecule has 0 bridgehead atoms. The lowest BCUT2D eigenvalue weighted by molar-refractivity contribution is 0.0448. The summed E-state index contributed by atoms with van der Waals surface area (Å²) >= 11 is 7.28. The van der Waals surface area contributed by atoms with Crippen LogP contribution in [-0.4, -0.2) is 24.5 Å². The molecule has 5 heteroatoms. The first-order valence-electron chi connectivity index (χ1n) is 4.78. The molecule has 0 amide bonds. The van der Waals surface area contributed by atoms with Crippen LogP contribution in [0.1, 0.15) is 23.2 Å². The van der Waals surface area contributed by atoms with Gasteiger partial charge < -0.3 is 10.5 Å². The molecule has 0 unspecified atom stereocenters. The Balaban J connectivity index is 2.23. The summed E-state index contributed by atoms with van der Waals surface area (Å²) in [5.41, 5.74) is 5.84. The zero-order valence-electron chi connectivity index (χ0n) is 8.16. The first kappa shape index (κ1) is 11.1. The number of carbonyl (C=O) groups is 1. The molecular weight excluding hydrogens is 234 g/mol. The fourth-order valence-electron chi connectivity index (χ4n) is 1.69. The SMILES string of the molecule is NC1(C(=O)c2ccsc2Cl)CCOCC1. The van der Waals surface area contributed by atoms with Crippen molar-refractivity contribution in [3.63, 3.8) is 0 Å². The Morgan fingerprint density at radius 1 is 1.53 bits per heavy atom. The molecule has 1 fully saturated rings. The number of hydrogen-bond acceptors (Lipinski definition) is 4. The van der Waals surface area contributed by atoms with Crippen LogP contribution >= 0.6 is 22.9 Å². The number of ether oxygens (including phenoxy) is 1. The molecule has 1 saturated heterocycles. The summed E-state index contributed by atoms with van der Waals surface area (Å²) in [6, 6.07) is 1.74. The minimum Gasteiger partial charge on any atom is -0.381 e. The van der Waals surface area contributed by atoms with Gasteiger partial charge in [0.05, 0.1) is 5.54 Å². The van der Waals surface area contributed by atoms with E-state index in [0.29, 0.717) is 36.0 Å². The second kappa shape index (κ2) is 4.22. The third kappa shape index (κ3) is 2.08. The van der Waals surface area contributed by atoms with Crippen molar-refractivity contribution < 1.29 is 9.53 Å². The molecule has 0 aromatic carbocycles. The summed E-state index contributed by atoms with van der Waals surface area (Å²) in [4.78, 5) is 12.1. The van der Waals surface area contributed by atoms with Gasteiger partial charge in [-0.3, -0.25) is 4.79 Å². The van der Waals surface area contributed by atoms with E-state index in [9.17, 15) is 4.79 Å². The number of nitrogens with two attached hydrogens (primary N) is 1. The van der Waals surface area contributed by atoms with Crippen LogP contribution in [0, 0.1) is 0 Å². The van der Waals surface area contributed by atoms with E-state index in [-0.39, 0.29) is 5.78 Å². The van der Waals surface area contributed by atoms with Crippen molar-refractivity contribution in [1.29, 1.82) is 0 Å². The Bertz CT molecular complexity index is 371. The number of rotatable bonds is 2. The lowest BCUT2D eigenvalue weighted by Crippen LogP contribution is -2.51. The van der Waals surface area contributed by atoms with E-state index in [2.05, 4.69) is 0 Å². The van der Waals surface area contributed by atoms with E-state index in [0.717, 1.165) is 0 Å². The van der Waals surface area contributed by atoms with E-state index in [1.807, 2.05) is 0 Å². The van der Waals surface area contributed by atoms with Gasteiger partial charge in [-0.1, -0.05) is 11.6 Å². The van der Waals surface area contributed by atoms with Gasteiger partial charge in [-0.05, 0) is 24.3 Å². The minimum absolute atomic E-state index is 0.0583. The van der Waals surface area contributed by atoms with E-state index in [4.69, 9.17) is 22.1 Å². The van der Waals surface area contributed by atoms with Crippen molar-refractivity contribution in [3.8, 4) is 0 Å². The van der Waals surface area contributed by atoms with E-state index >= 15 is 0 Å². The lowest BCUT2D eigenvalue weighted by Gasteiger charge is -2.31. The number of hydrogen-bond donors (Lipinski definition) is 1. The topological polar surface area (TPSA) is 52.3 Å². The molecule has 82 valence electrons. The Kier molecular flexibility index (Phi) is 3.11. The Hall–Kier alpha value is -0.420. The first-order chi connectivity index (χ1) is 7.13. The summed E-state index contributed by atoms with van der Waals surface area (Å²) in [7, 11) is 0. The average molecular weight is 246 g/mol. The van der Waals surface area contributed by atoms with Crippen LogP contribution in [0.2, 0.25) is 4.34 Å². The van der Waals surface area contributed by atoms with Gasteiger partial charge in [0.2, 0.25) is 0 Å². The van der Waals surface area contributed by atoms with Gasteiger partial charge in [0.15, 0.2) is 5.78 Å². The number of Topliss-reactive ketones (excluding diaryl/α,β-unsaturated/α-hetero) is 1. The molecular formula is C10H12ClNO2S. The van der Waals surface area contributed by atoms with Gasteiger partial charge in [0.1, 0.15) is 4.34 Å². The van der Waals surface area contributed by atoms with Crippen molar-refractivity contribution in [1.82, 2.24) is 0 Å². The molecule has 1 aliphatic heterocycles. The highest BCUT2D eigenvalue weighted by Gasteiger charge is 2.37. The van der Waals surface area contributed by atoms with Crippen molar-refractivity contribution in [2.24, 2.45) is 5.73 Å². The highest BCUT2D eigenvalue weighted by Crippen LogP contribution is 2.29. The number of halogens is 1. The fourth-order valence-corrected chi connectivity index (χ4v) is 2.60. The quantitative estimate of drug-likeness (QED) is 0.812. The number of ketones is 1. The standard InChI is InChI=1S/C10H12ClNO2S/c11-9-7(1-6-15-9)8(13)10(12)2-4-14-5-3-10/h1,6H,2-5,12H2. The summed E-state index contributed by atoms with van der Waals surface area (Å²) in [6.07, 6.45) is 1.13. The van der Waals surface area contributed by atoms with Crippen LogP contribution in [0.5, 0.6) is 0 Å². The van der Waals surface area contributed by atoms with E-state index < -0.39 is 5.54 Å². The Morgan fingerprint density at radius 2 is 2.20 bits per heavy atom. The molecule has 0 spiro atoms. The van der Waals surface area contributed by atoms with Gasteiger partial charge in [-0.2, -0.15) is 0 Å². The van der Waals surface area contributed by atoms with E-state index in [1.165, 1.54) is 11.3 Å². The first-order valence-corrected chi connectivity index (χ1v) is 6.04. The highest BCUT2D eigenvalue weighted by atomic mass is 35.5. The van der Waals surface area contributed by atoms with Gasteiger partial charge in [0, 0.05) is 18.8 Å². The van der Waals surface area contributed by atoms with Gasteiger partial charge >= 0.3 is 0 Å². The molecule has 1 aromatic rings. The van der Waals surface area contributed by atoms with Crippen LogP contribution < -0.4 is 5.73 Å². The summed E-state index contributed by atoms with van der Waals surface area (Å²) < 4.78 is 5.72. The zero-order chi connectivity index (χ0) is 10.9. The van der Waals surface area contributed by atoms with Crippen molar-refractivity contribution in [2.45, 2.75) is 18.4 Å². The Labute approximate surface area is 97.2 Å². The van der Waals surface area contributed by atoms with E-state index in [1.54, 1.807) is 11.4 Å².